The third-order valence-electron chi connectivity index (χ3n) is 2.45. The summed E-state index contributed by atoms with van der Waals surface area (Å²) in [5, 5.41) is 5.20. The van der Waals surface area contributed by atoms with E-state index >= 15 is 0 Å². The van der Waals surface area contributed by atoms with Gasteiger partial charge < -0.3 is 5.32 Å². The topological polar surface area (TPSA) is 24.9 Å². The molecule has 17 heavy (non-hydrogen) atoms. The Hall–Kier alpha value is -0.0600. The van der Waals surface area contributed by atoms with Crippen molar-refractivity contribution >= 4 is 27.7 Å². The van der Waals surface area contributed by atoms with Crippen molar-refractivity contribution in [3.8, 4) is 0 Å². The largest absolute Gasteiger partial charge is 0.314 e. The number of pyridine rings is 1. The van der Waals surface area contributed by atoms with Crippen LogP contribution in [0.3, 0.4) is 0 Å². The second kappa shape index (κ2) is 8.11. The molecule has 0 spiro atoms. The first-order valence-electron chi connectivity index (χ1n) is 6.13. The van der Waals surface area contributed by atoms with Gasteiger partial charge in [0.25, 0.3) is 0 Å². The molecule has 0 radical (unpaired) electrons. The van der Waals surface area contributed by atoms with Crippen LogP contribution >= 0.6 is 27.7 Å². The molecule has 0 fully saturated rings. The van der Waals surface area contributed by atoms with Gasteiger partial charge >= 0.3 is 0 Å². The molecule has 0 aromatic carbocycles. The smallest absolute Gasteiger partial charge is 0.0963 e. The van der Waals surface area contributed by atoms with Gasteiger partial charge in [-0.05, 0) is 54.4 Å². The van der Waals surface area contributed by atoms with Crippen LogP contribution in [0.25, 0.3) is 0 Å². The van der Waals surface area contributed by atoms with E-state index in [0.717, 1.165) is 16.0 Å². The van der Waals surface area contributed by atoms with E-state index in [1.165, 1.54) is 12.8 Å². The van der Waals surface area contributed by atoms with E-state index in [2.05, 4.69) is 53.1 Å². The van der Waals surface area contributed by atoms with Gasteiger partial charge in [0.2, 0.25) is 0 Å². The normalized spacial score (nSPS) is 14.6. The van der Waals surface area contributed by atoms with Crippen molar-refractivity contribution in [2.45, 2.75) is 49.9 Å². The van der Waals surface area contributed by atoms with Gasteiger partial charge in [0.1, 0.15) is 0 Å². The molecule has 0 saturated heterocycles. The Kier molecular flexibility index (Phi) is 7.16. The van der Waals surface area contributed by atoms with Crippen LogP contribution in [-0.4, -0.2) is 22.8 Å². The lowest BCUT2D eigenvalue weighted by atomic mass is 10.2. The highest BCUT2D eigenvalue weighted by molar-refractivity contribution is 9.10. The second-order valence-electron chi connectivity index (χ2n) is 4.33. The molecule has 0 amide bonds. The summed E-state index contributed by atoms with van der Waals surface area (Å²) in [4.78, 5) is 4.38. The Bertz CT molecular complexity index is 316. The highest BCUT2D eigenvalue weighted by Crippen LogP contribution is 2.24. The van der Waals surface area contributed by atoms with Gasteiger partial charge in [-0.25, -0.2) is 4.98 Å². The van der Waals surface area contributed by atoms with E-state index < -0.39 is 0 Å². The van der Waals surface area contributed by atoms with Crippen LogP contribution in [0.5, 0.6) is 0 Å². The van der Waals surface area contributed by atoms with E-state index in [4.69, 9.17) is 0 Å². The third-order valence-corrected chi connectivity index (χ3v) is 4.00. The Morgan fingerprint density at radius 1 is 1.41 bits per heavy atom. The van der Waals surface area contributed by atoms with Gasteiger partial charge in [0.15, 0.2) is 0 Å². The fourth-order valence-corrected chi connectivity index (χ4v) is 2.95. The first-order valence-corrected chi connectivity index (χ1v) is 7.80. The summed E-state index contributed by atoms with van der Waals surface area (Å²) in [6, 6.07) is 4.68. The first-order chi connectivity index (χ1) is 8.11. The van der Waals surface area contributed by atoms with Crippen LogP contribution in [-0.2, 0) is 0 Å². The first kappa shape index (κ1) is 15.0. The van der Waals surface area contributed by atoms with Gasteiger partial charge in [-0.3, -0.25) is 0 Å². The third kappa shape index (κ3) is 6.43. The molecule has 1 aromatic heterocycles. The second-order valence-corrected chi connectivity index (χ2v) is 6.71. The average Bonchev–Trinajstić information content (AvgIpc) is 2.29. The summed E-state index contributed by atoms with van der Waals surface area (Å²) in [6.45, 7) is 7.82. The lowest BCUT2D eigenvalue weighted by Crippen LogP contribution is -2.29. The lowest BCUT2D eigenvalue weighted by molar-refractivity contribution is 0.513. The Labute approximate surface area is 117 Å². The number of thioether (sulfide) groups is 1. The maximum atomic E-state index is 4.38. The maximum Gasteiger partial charge on any atom is 0.0963 e. The highest BCUT2D eigenvalue weighted by atomic mass is 79.9. The molecule has 1 rings (SSSR count). The molecule has 1 N–H and O–H groups in total. The van der Waals surface area contributed by atoms with Gasteiger partial charge in [-0.15, -0.1) is 11.8 Å². The van der Waals surface area contributed by atoms with Crippen molar-refractivity contribution in [2.24, 2.45) is 0 Å². The molecule has 2 nitrogen and oxygen atoms in total. The minimum absolute atomic E-state index is 0.577. The van der Waals surface area contributed by atoms with E-state index in [-0.39, 0.29) is 0 Å². The molecule has 2 atom stereocenters. The fourth-order valence-electron chi connectivity index (χ4n) is 1.66. The Morgan fingerprint density at radius 2 is 2.18 bits per heavy atom. The number of hydrogen-bond donors (Lipinski definition) is 1. The number of halogens is 1. The van der Waals surface area contributed by atoms with Crippen LogP contribution in [0.15, 0.2) is 27.8 Å². The molecule has 0 saturated carbocycles. The molecule has 1 aromatic rings. The van der Waals surface area contributed by atoms with Crippen molar-refractivity contribution in [2.75, 3.05) is 6.54 Å². The van der Waals surface area contributed by atoms with Crippen molar-refractivity contribution < 1.29 is 0 Å². The summed E-state index contributed by atoms with van der Waals surface area (Å²) >= 11 is 5.24. The zero-order valence-electron chi connectivity index (χ0n) is 10.7. The molecule has 0 aliphatic carbocycles. The van der Waals surface area contributed by atoms with Crippen LogP contribution in [0.1, 0.15) is 33.6 Å². The number of aromatic nitrogens is 1. The Balaban J connectivity index is 2.33. The summed E-state index contributed by atoms with van der Waals surface area (Å²) in [5.41, 5.74) is 0. The van der Waals surface area contributed by atoms with Gasteiger partial charge in [0, 0.05) is 22.0 Å². The number of nitrogens with zero attached hydrogens (tertiary/aromatic N) is 1. The molecule has 0 aliphatic rings. The summed E-state index contributed by atoms with van der Waals surface area (Å²) in [7, 11) is 0. The van der Waals surface area contributed by atoms with E-state index in [9.17, 15) is 0 Å². The van der Waals surface area contributed by atoms with Crippen LogP contribution in [0.2, 0.25) is 0 Å². The zero-order valence-corrected chi connectivity index (χ0v) is 13.1. The number of nitrogens with one attached hydrogen (secondary N) is 1. The molecular formula is C13H21BrN2S. The quantitative estimate of drug-likeness (QED) is 0.766. The summed E-state index contributed by atoms with van der Waals surface area (Å²) in [6.07, 6.45) is 4.22. The zero-order chi connectivity index (χ0) is 12.7. The summed E-state index contributed by atoms with van der Waals surface area (Å²) < 4.78 is 1.03. The molecule has 0 bridgehead atoms. The van der Waals surface area contributed by atoms with Gasteiger partial charge in [-0.2, -0.15) is 0 Å². The lowest BCUT2D eigenvalue weighted by Gasteiger charge is -2.17. The monoisotopic (exact) mass is 316 g/mol. The minimum Gasteiger partial charge on any atom is -0.314 e. The predicted octanol–water partition coefficient (Wildman–Crippen LogP) is 4.10. The fraction of sp³-hybridized carbons (Fsp3) is 0.615. The van der Waals surface area contributed by atoms with Gasteiger partial charge in [0.05, 0.1) is 5.03 Å². The molecule has 1 heterocycles. The number of rotatable bonds is 7. The molecule has 4 heteroatoms. The Morgan fingerprint density at radius 3 is 2.76 bits per heavy atom. The van der Waals surface area contributed by atoms with Crippen molar-refractivity contribution in [3.05, 3.63) is 22.8 Å². The van der Waals surface area contributed by atoms with Crippen LogP contribution in [0.4, 0.5) is 0 Å². The SMILES string of the molecule is CCCNC(C)CC(C)Sc1ccc(Br)cn1. The predicted molar refractivity (Wildman–Crippen MR) is 79.6 cm³/mol. The molecule has 0 aliphatic heterocycles. The standard InChI is InChI=1S/C13H21BrN2S/c1-4-7-15-10(2)8-11(3)17-13-6-5-12(14)9-16-13/h5-6,9-11,15H,4,7-8H2,1-3H3. The van der Waals surface area contributed by atoms with E-state index in [0.29, 0.717) is 11.3 Å². The highest BCUT2D eigenvalue weighted by Gasteiger charge is 2.10. The maximum absolute atomic E-state index is 4.38. The molecule has 2 unspecified atom stereocenters. The number of hydrogen-bond acceptors (Lipinski definition) is 3. The summed E-state index contributed by atoms with van der Waals surface area (Å²) in [5.74, 6) is 0. The molecular weight excluding hydrogens is 296 g/mol. The van der Waals surface area contributed by atoms with E-state index in [1.807, 2.05) is 24.0 Å². The average molecular weight is 317 g/mol. The van der Waals surface area contributed by atoms with Crippen molar-refractivity contribution in [1.29, 1.82) is 0 Å². The molecule has 96 valence electrons. The van der Waals surface area contributed by atoms with Gasteiger partial charge in [-0.1, -0.05) is 13.8 Å². The van der Waals surface area contributed by atoms with E-state index in [1.54, 1.807) is 0 Å². The minimum atomic E-state index is 0.577. The van der Waals surface area contributed by atoms with Crippen LogP contribution < -0.4 is 5.32 Å². The van der Waals surface area contributed by atoms with Crippen molar-refractivity contribution in [1.82, 2.24) is 10.3 Å². The van der Waals surface area contributed by atoms with Crippen LogP contribution in [0, 0.1) is 0 Å². The van der Waals surface area contributed by atoms with Crippen molar-refractivity contribution in [3.63, 3.8) is 0 Å².